The molecule has 4 aliphatic rings. The summed E-state index contributed by atoms with van der Waals surface area (Å²) in [6.07, 6.45) is 4.28. The monoisotopic (exact) mass is 2090 g/mol. The number of carboxylic acids is 1. The highest BCUT2D eigenvalue weighted by Gasteiger charge is 2.41. The number of carbonyl (C=O) groups excluding carboxylic acids is 8. The number of aromatic amines is 1. The van der Waals surface area contributed by atoms with Crippen molar-refractivity contribution >= 4 is 201 Å². The fourth-order valence-corrected chi connectivity index (χ4v) is 17.1. The number of hydrogen-bond donors (Lipinski definition) is 8. The van der Waals surface area contributed by atoms with Crippen LogP contribution in [0, 0.1) is 0 Å². The lowest BCUT2D eigenvalue weighted by molar-refractivity contribution is 0.0396. The summed E-state index contributed by atoms with van der Waals surface area (Å²) in [6.45, 7) is 23.6. The standard InChI is InChI=1S/C23H21N5O2.C18H23BrN2O4.C12H11BrN2O.C12H13N3O.C11H10N2O2.C10H8BrNO2.C8H15NO5S.CH2Cl2.CH4/c1-15-11-24-23(30)21-9-17-7-8-19(10-20(17)28(15)21)26-22(29)18-12-25-27(14-18)13-16-5-3-2-4-6-16;1-11(10-20-17(23)25-18(2,3)4)21-14-9-13(19)7-6-12(14)8-15(21)16(22)24-5;2*1-7-6-14-12(16)11-4-8-2-3-9(13)5-10(8)15(7)11;14-11(15)10-6-12-13(8-10)7-9-4-2-1-3-5-9;1-14-10(13)9-4-6-2-3-7(11)5-8(6)12-9;1-6-5-9(15(11,12)14-6)7(10)13-8(2,3)4;2-1-3;/h2-10,12,14-15H,11,13H2,1H3,(H,24,30)(H,26,29);6-9,11H,10H2,1-5H3,(H,20,23);2-5,7H,6H2,1H3,(H,14,16);2-5,7H,6,13H2,1H3,(H,14,16);1-6,8H,7H2,(H,14,15);2-5,12H,1H3;6H,5H2,1-4H3;1H2;1H4/t15-;11-;2*7-;;;6-;;/m1111..0../s1. The van der Waals surface area contributed by atoms with Gasteiger partial charge in [0.15, 0.2) is 0 Å². The summed E-state index contributed by atoms with van der Waals surface area (Å²) < 4.78 is 61.8. The number of alkyl carbamates (subject to hydrolysis) is 1. The Labute approximate surface area is 815 Å². The van der Waals surface area contributed by atoms with Gasteiger partial charge in [-0.2, -0.15) is 22.9 Å². The Hall–Kier alpha value is -12.8. The number of nitrogens with two attached hydrogens (primary N) is 1. The minimum atomic E-state index is -3.95. The second kappa shape index (κ2) is 46.0. The third kappa shape index (κ3) is 27.3. The number of fused-ring (bicyclic) bond motifs is 11. The zero-order valence-corrected chi connectivity index (χ0v) is 82.6. The first-order valence-electron chi connectivity index (χ1n) is 42.2. The van der Waals surface area contributed by atoms with Crippen LogP contribution in [0.3, 0.4) is 0 Å². The molecule has 39 heteroatoms. The highest BCUT2D eigenvalue weighted by atomic mass is 79.9. The molecule has 4 aliphatic heterocycles. The Morgan fingerprint density at radius 3 is 1.47 bits per heavy atom. The molecule has 7 aromatic heterocycles. The van der Waals surface area contributed by atoms with E-state index < -0.39 is 51.7 Å². The van der Waals surface area contributed by atoms with Crippen molar-refractivity contribution in [2.24, 2.45) is 0 Å². The summed E-state index contributed by atoms with van der Waals surface area (Å²) in [4.78, 5) is 109. The minimum absolute atomic E-state index is 0. The van der Waals surface area contributed by atoms with E-state index in [0.717, 1.165) is 96.1 Å². The molecular formula is C96H107Br3Cl2N16O17S. The van der Waals surface area contributed by atoms with Crippen molar-refractivity contribution in [3.05, 3.63) is 271 Å². The number of nitrogens with one attached hydrogen (secondary N) is 6. The molecule has 135 heavy (non-hydrogen) atoms. The number of H-pyrrole nitrogens is 1. The number of nitrogen functional groups attached to an aromatic ring is 1. The number of anilines is 2. The van der Waals surface area contributed by atoms with Gasteiger partial charge in [0, 0.05) is 120 Å². The molecule has 0 radical (unpaired) electrons. The van der Waals surface area contributed by atoms with E-state index in [-0.39, 0.29) is 72.6 Å². The van der Waals surface area contributed by atoms with Crippen molar-refractivity contribution in [3.8, 4) is 0 Å². The second-order valence-corrected chi connectivity index (χ2v) is 38.5. The van der Waals surface area contributed by atoms with E-state index >= 15 is 0 Å². The topological polar surface area (TPSA) is 415 Å². The minimum Gasteiger partial charge on any atom is -0.478 e. The van der Waals surface area contributed by atoms with Gasteiger partial charge in [0.1, 0.15) is 39.7 Å². The normalized spacial score (nSPS) is 15.6. The van der Waals surface area contributed by atoms with E-state index in [1.165, 1.54) is 26.6 Å². The number of carbonyl (C=O) groups is 9. The van der Waals surface area contributed by atoms with E-state index in [4.69, 9.17) is 48.3 Å². The molecule has 18 rings (SSSR count). The van der Waals surface area contributed by atoms with Gasteiger partial charge in [-0.15, -0.1) is 23.2 Å². The molecule has 0 saturated carbocycles. The van der Waals surface area contributed by atoms with Gasteiger partial charge in [-0.25, -0.2) is 28.2 Å². The van der Waals surface area contributed by atoms with Gasteiger partial charge in [0.05, 0.1) is 90.9 Å². The molecule has 1 saturated heterocycles. The number of ether oxygens (including phenoxy) is 4. The van der Waals surface area contributed by atoms with Crippen LogP contribution < -0.4 is 32.3 Å². The summed E-state index contributed by atoms with van der Waals surface area (Å²) in [5.74, 6) is -1.99. The van der Waals surface area contributed by atoms with Gasteiger partial charge in [-0.1, -0.05) is 146 Å². The summed E-state index contributed by atoms with van der Waals surface area (Å²) in [5.41, 5.74) is 16.8. The Morgan fingerprint density at radius 2 is 1.01 bits per heavy atom. The number of aromatic nitrogens is 9. The molecule has 714 valence electrons. The number of benzene rings is 7. The summed E-state index contributed by atoms with van der Waals surface area (Å²) in [5, 5.41) is 36.6. The number of nitrogens with zero attached hydrogens (tertiary/aromatic N) is 9. The van der Waals surface area contributed by atoms with Crippen LogP contribution in [-0.4, -0.2) is 184 Å². The third-order valence-electron chi connectivity index (χ3n) is 20.8. The Kier molecular flexibility index (Phi) is 35.5. The SMILES string of the molecule is C.COC(=O)c1cc2ccc(Br)cc2[nH]1.COC(=O)c1cc2ccc(Br)cc2n1[C@H](C)CNC(=O)OC(C)(C)C.C[C@@H]1CNC(=O)c2cc3ccc(Br)cc3n21.C[C@@H]1CNC(=O)c2cc3ccc(N)cc3n21.C[C@@H]1CNC(=O)c2cc3ccc(NC(=O)c4cnn(Cc5ccccc5)c4)cc3n21.C[C@H]1CN(C(=O)OC(C)(C)C)S(=O)(=O)O1.ClCCl.O=C(O)c1cnn(Cc2ccccc2)c1. The van der Waals surface area contributed by atoms with Crippen LogP contribution >= 0.6 is 71.0 Å². The molecule has 1 fully saturated rings. The van der Waals surface area contributed by atoms with Crippen molar-refractivity contribution in [1.29, 1.82) is 0 Å². The smallest absolute Gasteiger partial charge is 0.425 e. The maximum Gasteiger partial charge on any atom is 0.425 e. The number of carboxylic acid groups (broad SMARTS) is 1. The number of alkyl halides is 2. The van der Waals surface area contributed by atoms with Crippen LogP contribution in [0.25, 0.3) is 54.5 Å². The Bertz CT molecular complexity index is 6650. The lowest BCUT2D eigenvalue weighted by Gasteiger charge is -2.24. The van der Waals surface area contributed by atoms with Crippen molar-refractivity contribution in [1.82, 2.24) is 68.4 Å². The lowest BCUT2D eigenvalue weighted by atomic mass is 10.2. The van der Waals surface area contributed by atoms with Crippen molar-refractivity contribution in [3.63, 3.8) is 0 Å². The number of rotatable bonds is 12. The molecule has 5 atom stereocenters. The van der Waals surface area contributed by atoms with Gasteiger partial charge in [-0.05, 0) is 178 Å². The third-order valence-corrected chi connectivity index (χ3v) is 23.6. The van der Waals surface area contributed by atoms with Gasteiger partial charge >= 0.3 is 40.4 Å². The van der Waals surface area contributed by atoms with Gasteiger partial charge in [-0.3, -0.25) is 28.5 Å². The quantitative estimate of drug-likeness (QED) is 0.0244. The predicted octanol–water partition coefficient (Wildman–Crippen LogP) is 19.2. The van der Waals surface area contributed by atoms with Crippen molar-refractivity contribution in [2.75, 3.05) is 63.3 Å². The van der Waals surface area contributed by atoms with E-state index in [9.17, 15) is 51.6 Å². The number of hydrogen-bond acceptors (Lipinski definition) is 19. The first-order chi connectivity index (χ1) is 63.5. The molecule has 6 amide bonds. The molecule has 11 heterocycles. The maximum atomic E-state index is 12.7. The first kappa shape index (κ1) is 104. The van der Waals surface area contributed by atoms with Gasteiger partial charge in [0.25, 0.3) is 23.6 Å². The zero-order valence-electron chi connectivity index (χ0n) is 75.6. The van der Waals surface area contributed by atoms with Crippen molar-refractivity contribution < 1.29 is 79.8 Å². The molecular weight excluding hydrogens is 1990 g/mol. The molecule has 9 N–H and O–H groups in total. The Balaban J connectivity index is 0.000000165. The summed E-state index contributed by atoms with van der Waals surface area (Å²) in [6, 6.07) is 58.7. The largest absolute Gasteiger partial charge is 0.478 e. The van der Waals surface area contributed by atoms with Crippen molar-refractivity contribution in [2.45, 2.75) is 138 Å². The van der Waals surface area contributed by atoms with Crippen LogP contribution in [0.1, 0.15) is 192 Å². The summed E-state index contributed by atoms with van der Waals surface area (Å²) in [7, 11) is -1.23. The molecule has 0 spiro atoms. The highest BCUT2D eigenvalue weighted by Crippen LogP contribution is 2.34. The molecule has 33 nitrogen and oxygen atoms in total. The van der Waals surface area contributed by atoms with Crippen LogP contribution in [-0.2, 0) is 46.5 Å². The van der Waals surface area contributed by atoms with E-state index in [1.54, 1.807) is 61.6 Å². The molecule has 0 bridgehead atoms. The average Bonchev–Trinajstić information content (AvgIpc) is 1.63. The van der Waals surface area contributed by atoms with Crippen LogP contribution in [0.2, 0.25) is 0 Å². The fraction of sp³-hybridized carbons (Fsp3) is 0.302. The maximum absolute atomic E-state index is 12.7. The molecule has 7 aromatic carbocycles. The summed E-state index contributed by atoms with van der Waals surface area (Å²) >= 11 is 19.8. The number of methoxy groups -OCH3 is 2. The van der Waals surface area contributed by atoms with E-state index in [1.807, 2.05) is 201 Å². The fourth-order valence-electron chi connectivity index (χ4n) is 14.8. The average molecular weight is 2100 g/mol. The molecule has 14 aromatic rings. The van der Waals surface area contributed by atoms with Crippen LogP contribution in [0.15, 0.2) is 220 Å². The molecule has 0 aliphatic carbocycles. The van der Waals surface area contributed by atoms with Crippen LogP contribution in [0.5, 0.6) is 0 Å². The predicted molar refractivity (Wildman–Crippen MR) is 532 cm³/mol. The number of aromatic carboxylic acids is 1. The van der Waals surface area contributed by atoms with E-state index in [0.29, 0.717) is 77.9 Å². The zero-order chi connectivity index (χ0) is 97.4. The van der Waals surface area contributed by atoms with Gasteiger partial charge < -0.3 is 79.6 Å². The number of halogens is 5. The Morgan fingerprint density at radius 1 is 0.570 bits per heavy atom. The van der Waals surface area contributed by atoms with Gasteiger partial charge in [0.2, 0.25) is 0 Å². The highest BCUT2D eigenvalue weighted by molar-refractivity contribution is 9.11. The molecule has 0 unspecified atom stereocenters. The lowest BCUT2D eigenvalue weighted by Crippen LogP contribution is -2.37. The van der Waals surface area contributed by atoms with E-state index in [2.05, 4.69) is 134 Å². The second-order valence-electron chi connectivity index (χ2n) is 33.5. The number of esters is 2. The first-order valence-corrected chi connectivity index (χ1v) is 47.0. The number of amides is 6. The van der Waals surface area contributed by atoms with Crippen LogP contribution in [0.4, 0.5) is 21.0 Å².